The van der Waals surface area contributed by atoms with Crippen molar-refractivity contribution in [3.8, 4) is 0 Å². The maximum absolute atomic E-state index is 13.0. The Morgan fingerprint density at radius 3 is 1.96 bits per heavy atom. The van der Waals surface area contributed by atoms with Gasteiger partial charge in [-0.15, -0.1) is 0 Å². The zero-order valence-corrected chi connectivity index (χ0v) is 13.2. The lowest BCUT2D eigenvalue weighted by molar-refractivity contribution is 0.458. The van der Waals surface area contributed by atoms with E-state index < -0.39 is 53.8 Å². The number of nitrogens with one attached hydrogen (secondary N) is 1. The van der Waals surface area contributed by atoms with E-state index in [1.165, 1.54) is 6.92 Å². The Morgan fingerprint density at radius 1 is 0.958 bits per heavy atom. The molecule has 0 amide bonds. The fourth-order valence-electron chi connectivity index (χ4n) is 1.73. The van der Waals surface area contributed by atoms with Gasteiger partial charge in [0.2, 0.25) is 5.95 Å². The molecular formula is C10H8F2N4O6S2. The summed E-state index contributed by atoms with van der Waals surface area (Å²) in [6, 6.07) is 1.31. The fraction of sp³-hybridized carbons (Fsp3) is 0.100. The smallest absolute Gasteiger partial charge is 0.315 e. The first-order chi connectivity index (χ1) is 10.9. The van der Waals surface area contributed by atoms with Gasteiger partial charge >= 0.3 is 12.2 Å². The standard InChI is InChI=1S/C10H8F2N4O6S2/c1-4-2-5(23(17,18)19)3-6(24(20,21)22)7(4)13-10-15-8(11)14-9(12)16-10/h2-3H,1H3,(H,17,18,19)(H,20,21,22)(H,13,14,15,16). The number of rotatable bonds is 4. The van der Waals surface area contributed by atoms with Gasteiger partial charge < -0.3 is 5.32 Å². The van der Waals surface area contributed by atoms with Gasteiger partial charge in [-0.05, 0) is 24.6 Å². The van der Waals surface area contributed by atoms with E-state index in [2.05, 4.69) is 20.3 Å². The van der Waals surface area contributed by atoms with E-state index in [1.54, 1.807) is 0 Å². The van der Waals surface area contributed by atoms with Crippen molar-refractivity contribution in [2.45, 2.75) is 16.7 Å². The molecule has 2 aromatic rings. The molecule has 0 saturated heterocycles. The van der Waals surface area contributed by atoms with Crippen LogP contribution in [0.1, 0.15) is 5.56 Å². The van der Waals surface area contributed by atoms with Crippen LogP contribution in [0.3, 0.4) is 0 Å². The number of halogens is 2. The summed E-state index contributed by atoms with van der Waals surface area (Å²) in [5, 5.41) is 2.15. The minimum absolute atomic E-state index is 0.112. The third kappa shape index (κ3) is 3.97. The number of benzene rings is 1. The van der Waals surface area contributed by atoms with Crippen LogP contribution in [0, 0.1) is 19.1 Å². The molecule has 1 aromatic carbocycles. The van der Waals surface area contributed by atoms with Crippen molar-refractivity contribution in [3.63, 3.8) is 0 Å². The summed E-state index contributed by atoms with van der Waals surface area (Å²) in [5.41, 5.74) is -0.561. The minimum atomic E-state index is -4.98. The average Bonchev–Trinajstić information content (AvgIpc) is 2.37. The molecule has 10 nitrogen and oxygen atoms in total. The molecule has 0 fully saturated rings. The van der Waals surface area contributed by atoms with Gasteiger partial charge in [-0.3, -0.25) is 9.11 Å². The van der Waals surface area contributed by atoms with Crippen LogP contribution < -0.4 is 5.32 Å². The number of hydrogen-bond donors (Lipinski definition) is 3. The summed E-state index contributed by atoms with van der Waals surface area (Å²) in [4.78, 5) is 7.01. The van der Waals surface area contributed by atoms with E-state index in [-0.39, 0.29) is 5.56 Å². The summed E-state index contributed by atoms with van der Waals surface area (Å²) >= 11 is 0. The quantitative estimate of drug-likeness (QED) is 0.642. The molecule has 1 aromatic heterocycles. The van der Waals surface area contributed by atoms with Crippen LogP contribution in [0.5, 0.6) is 0 Å². The molecule has 130 valence electrons. The lowest BCUT2D eigenvalue weighted by Gasteiger charge is -2.13. The van der Waals surface area contributed by atoms with Gasteiger partial charge in [0.25, 0.3) is 20.2 Å². The zero-order chi connectivity index (χ0) is 18.3. The van der Waals surface area contributed by atoms with E-state index in [1.807, 2.05) is 0 Å². The van der Waals surface area contributed by atoms with Crippen molar-refractivity contribution in [3.05, 3.63) is 29.9 Å². The number of nitrogens with zero attached hydrogens (tertiary/aromatic N) is 3. The van der Waals surface area contributed by atoms with Gasteiger partial charge in [-0.2, -0.15) is 40.6 Å². The second kappa shape index (κ2) is 5.97. The van der Waals surface area contributed by atoms with Crippen LogP contribution in [-0.4, -0.2) is 40.9 Å². The molecule has 0 radical (unpaired) electrons. The van der Waals surface area contributed by atoms with Crippen molar-refractivity contribution in [2.75, 3.05) is 5.32 Å². The molecule has 0 spiro atoms. The molecule has 1 heterocycles. The van der Waals surface area contributed by atoms with Crippen LogP contribution in [0.2, 0.25) is 0 Å². The summed E-state index contributed by atoms with van der Waals surface area (Å²) in [7, 11) is -9.75. The molecule has 0 bridgehead atoms. The highest BCUT2D eigenvalue weighted by atomic mass is 32.2. The van der Waals surface area contributed by atoms with Crippen molar-refractivity contribution < 1.29 is 34.7 Å². The van der Waals surface area contributed by atoms with Crippen LogP contribution in [0.15, 0.2) is 21.9 Å². The molecule has 0 saturated carbocycles. The summed E-state index contributed by atoms with van der Waals surface area (Å²) in [6.07, 6.45) is -2.99. The SMILES string of the molecule is Cc1cc(S(=O)(=O)O)cc(S(=O)(=O)O)c1Nc1nc(F)nc(F)n1. The Bertz CT molecular complexity index is 1010. The monoisotopic (exact) mass is 382 g/mol. The Balaban J connectivity index is 2.69. The van der Waals surface area contributed by atoms with Crippen molar-refractivity contribution in [2.24, 2.45) is 0 Å². The Morgan fingerprint density at radius 2 is 1.50 bits per heavy atom. The fourth-order valence-corrected chi connectivity index (χ4v) is 3.14. The third-order valence-corrected chi connectivity index (χ3v) is 4.38. The molecule has 24 heavy (non-hydrogen) atoms. The Hall–Kier alpha value is -2.29. The van der Waals surface area contributed by atoms with Crippen LogP contribution >= 0.6 is 0 Å². The molecule has 0 aliphatic heterocycles. The van der Waals surface area contributed by atoms with Crippen LogP contribution in [0.25, 0.3) is 0 Å². The summed E-state index contributed by atoms with van der Waals surface area (Å²) in [6.45, 7) is 1.21. The van der Waals surface area contributed by atoms with Gasteiger partial charge in [-0.25, -0.2) is 0 Å². The molecule has 0 unspecified atom stereocenters. The largest absolute Gasteiger partial charge is 0.322 e. The van der Waals surface area contributed by atoms with Crippen LogP contribution in [-0.2, 0) is 20.2 Å². The van der Waals surface area contributed by atoms with E-state index in [0.717, 1.165) is 6.07 Å². The number of hydrogen-bond acceptors (Lipinski definition) is 8. The lowest BCUT2D eigenvalue weighted by Crippen LogP contribution is -2.11. The molecular weight excluding hydrogens is 374 g/mol. The predicted molar refractivity (Wildman–Crippen MR) is 73.8 cm³/mol. The van der Waals surface area contributed by atoms with E-state index in [4.69, 9.17) is 4.55 Å². The van der Waals surface area contributed by atoms with E-state index in [9.17, 15) is 30.2 Å². The highest BCUT2D eigenvalue weighted by Crippen LogP contribution is 2.30. The van der Waals surface area contributed by atoms with Crippen molar-refractivity contribution in [1.29, 1.82) is 0 Å². The molecule has 2 rings (SSSR count). The Labute approximate surface area is 134 Å². The highest BCUT2D eigenvalue weighted by molar-refractivity contribution is 7.86. The van der Waals surface area contributed by atoms with Gasteiger partial charge in [0, 0.05) is 0 Å². The number of aromatic nitrogens is 3. The average molecular weight is 382 g/mol. The first-order valence-corrected chi connectivity index (χ1v) is 8.69. The minimum Gasteiger partial charge on any atom is -0.322 e. The zero-order valence-electron chi connectivity index (χ0n) is 11.6. The first-order valence-electron chi connectivity index (χ1n) is 5.81. The molecule has 0 aliphatic rings. The topological polar surface area (TPSA) is 159 Å². The summed E-state index contributed by atoms with van der Waals surface area (Å²) in [5.74, 6) is -0.729. The van der Waals surface area contributed by atoms with Gasteiger partial charge in [-0.1, -0.05) is 0 Å². The Kier molecular flexibility index (Phi) is 4.49. The van der Waals surface area contributed by atoms with Gasteiger partial charge in [0.1, 0.15) is 4.90 Å². The number of anilines is 2. The van der Waals surface area contributed by atoms with Gasteiger partial charge in [0.15, 0.2) is 0 Å². The molecule has 14 heteroatoms. The number of aryl methyl sites for hydroxylation is 1. The molecule has 0 atom stereocenters. The predicted octanol–water partition coefficient (Wildman–Crippen LogP) is 0.695. The lowest BCUT2D eigenvalue weighted by atomic mass is 10.2. The molecule has 0 aliphatic carbocycles. The van der Waals surface area contributed by atoms with Gasteiger partial charge in [0.05, 0.1) is 10.6 Å². The van der Waals surface area contributed by atoms with E-state index in [0.29, 0.717) is 6.07 Å². The maximum Gasteiger partial charge on any atom is 0.315 e. The maximum atomic E-state index is 13.0. The summed E-state index contributed by atoms with van der Waals surface area (Å²) < 4.78 is 89.3. The normalized spacial score (nSPS) is 12.2. The molecule has 3 N–H and O–H groups in total. The second-order valence-corrected chi connectivity index (χ2v) is 7.20. The first kappa shape index (κ1) is 18.1. The van der Waals surface area contributed by atoms with Crippen molar-refractivity contribution in [1.82, 2.24) is 15.0 Å². The van der Waals surface area contributed by atoms with E-state index >= 15 is 0 Å². The van der Waals surface area contributed by atoms with Crippen molar-refractivity contribution >= 4 is 31.9 Å². The van der Waals surface area contributed by atoms with Crippen LogP contribution in [0.4, 0.5) is 20.4 Å². The second-order valence-electron chi connectivity index (χ2n) is 4.39. The highest BCUT2D eigenvalue weighted by Gasteiger charge is 2.23. The third-order valence-electron chi connectivity index (χ3n) is 2.67.